The molecular formula is C26H35N5O3S. The van der Waals surface area contributed by atoms with E-state index >= 15 is 0 Å². The number of carbonyl (C=O) groups excluding carboxylic acids is 3. The Balaban J connectivity index is 1.37. The van der Waals surface area contributed by atoms with E-state index in [4.69, 9.17) is 0 Å². The normalized spacial score (nSPS) is 16.6. The van der Waals surface area contributed by atoms with Crippen LogP contribution in [0.4, 0.5) is 10.7 Å². The monoisotopic (exact) mass is 497 g/mol. The maximum Gasteiger partial charge on any atom is 0.264 e. The van der Waals surface area contributed by atoms with Crippen molar-refractivity contribution in [3.63, 3.8) is 0 Å². The molecule has 2 aliphatic rings. The van der Waals surface area contributed by atoms with Gasteiger partial charge in [0, 0.05) is 45.0 Å². The molecule has 1 aliphatic carbocycles. The van der Waals surface area contributed by atoms with E-state index in [1.807, 2.05) is 30.0 Å². The van der Waals surface area contributed by atoms with E-state index in [0.717, 1.165) is 44.5 Å². The Bertz CT molecular complexity index is 1040. The number of para-hydroxylation sites is 1. The van der Waals surface area contributed by atoms with Crippen molar-refractivity contribution in [3.05, 3.63) is 46.3 Å². The zero-order valence-electron chi connectivity index (χ0n) is 20.6. The second-order valence-electron chi connectivity index (χ2n) is 9.21. The van der Waals surface area contributed by atoms with Crippen molar-refractivity contribution in [2.24, 2.45) is 0 Å². The van der Waals surface area contributed by atoms with Gasteiger partial charge in [0.15, 0.2) is 0 Å². The fourth-order valence-corrected chi connectivity index (χ4v) is 6.02. The lowest BCUT2D eigenvalue weighted by Gasteiger charge is -2.36. The highest BCUT2D eigenvalue weighted by atomic mass is 32.1. The Morgan fingerprint density at radius 3 is 2.34 bits per heavy atom. The lowest BCUT2D eigenvalue weighted by molar-refractivity contribution is -0.121. The van der Waals surface area contributed by atoms with Gasteiger partial charge in [-0.25, -0.2) is 0 Å². The molecule has 3 N–H and O–H groups in total. The van der Waals surface area contributed by atoms with Gasteiger partial charge in [-0.05, 0) is 37.5 Å². The first-order valence-corrected chi connectivity index (χ1v) is 13.3. The highest BCUT2D eigenvalue weighted by molar-refractivity contribution is 7.18. The van der Waals surface area contributed by atoms with Gasteiger partial charge in [0.2, 0.25) is 5.91 Å². The summed E-state index contributed by atoms with van der Waals surface area (Å²) in [5.74, 6) is -0.558. The Morgan fingerprint density at radius 1 is 1.00 bits per heavy atom. The molecule has 1 aromatic carbocycles. The fraction of sp³-hybridized carbons (Fsp3) is 0.500. The predicted octanol–water partition coefficient (Wildman–Crippen LogP) is 3.24. The quantitative estimate of drug-likeness (QED) is 0.546. The van der Waals surface area contributed by atoms with Gasteiger partial charge in [0.05, 0.1) is 17.0 Å². The van der Waals surface area contributed by atoms with Crippen molar-refractivity contribution in [3.8, 4) is 0 Å². The molecule has 0 radical (unpaired) electrons. The van der Waals surface area contributed by atoms with Crippen molar-refractivity contribution in [1.29, 1.82) is 0 Å². The highest BCUT2D eigenvalue weighted by Crippen LogP contribution is 2.34. The minimum atomic E-state index is -0.338. The fourth-order valence-electron chi connectivity index (χ4n) is 4.89. The first-order valence-electron chi connectivity index (χ1n) is 12.5. The topological polar surface area (TPSA) is 93.8 Å². The SMILES string of the molecule is CNc1sc(C(=O)N2CCN(c3ccccc3)CC2)c(C)c1C(=O)NCC(=O)NC1CCCCC1. The molecule has 1 aliphatic heterocycles. The summed E-state index contributed by atoms with van der Waals surface area (Å²) in [7, 11) is 1.74. The van der Waals surface area contributed by atoms with Crippen LogP contribution in [0.1, 0.15) is 57.7 Å². The number of carbonyl (C=O) groups is 3. The summed E-state index contributed by atoms with van der Waals surface area (Å²) in [5, 5.41) is 9.46. The number of benzene rings is 1. The largest absolute Gasteiger partial charge is 0.379 e. The van der Waals surface area contributed by atoms with Crippen LogP contribution >= 0.6 is 11.3 Å². The Morgan fingerprint density at radius 2 is 1.69 bits per heavy atom. The molecule has 9 heteroatoms. The van der Waals surface area contributed by atoms with Gasteiger partial charge in [0.25, 0.3) is 11.8 Å². The van der Waals surface area contributed by atoms with Crippen LogP contribution in [-0.2, 0) is 4.79 Å². The maximum absolute atomic E-state index is 13.3. The molecule has 0 bridgehead atoms. The zero-order chi connectivity index (χ0) is 24.8. The third-order valence-corrected chi connectivity index (χ3v) is 8.16. The van der Waals surface area contributed by atoms with E-state index in [1.54, 1.807) is 7.05 Å². The number of amides is 3. The molecule has 8 nitrogen and oxygen atoms in total. The van der Waals surface area contributed by atoms with E-state index in [1.165, 1.54) is 17.8 Å². The highest BCUT2D eigenvalue weighted by Gasteiger charge is 2.29. The Hall–Kier alpha value is -3.07. The standard InChI is InChI=1S/C26H35N5O3S/c1-18-22(24(33)28-17-21(32)29-19-9-5-3-6-10-19)25(27-2)35-23(18)26(34)31-15-13-30(14-16-31)20-11-7-4-8-12-20/h4,7-8,11-12,19,27H,3,5-6,9-10,13-17H2,1-2H3,(H,28,33)(H,29,32). The minimum absolute atomic E-state index is 0.0502. The number of anilines is 2. The van der Waals surface area contributed by atoms with Gasteiger partial charge in [-0.15, -0.1) is 11.3 Å². The van der Waals surface area contributed by atoms with Crippen LogP contribution in [0.25, 0.3) is 0 Å². The molecule has 2 heterocycles. The predicted molar refractivity (Wildman–Crippen MR) is 141 cm³/mol. The molecule has 0 atom stereocenters. The van der Waals surface area contributed by atoms with Gasteiger partial charge in [0.1, 0.15) is 5.00 Å². The van der Waals surface area contributed by atoms with Gasteiger partial charge >= 0.3 is 0 Å². The molecule has 1 saturated carbocycles. The van der Waals surface area contributed by atoms with Gasteiger partial charge in [-0.2, -0.15) is 0 Å². The Labute approximate surface area is 211 Å². The summed E-state index contributed by atoms with van der Waals surface area (Å²) >= 11 is 1.30. The summed E-state index contributed by atoms with van der Waals surface area (Å²) < 4.78 is 0. The lowest BCUT2D eigenvalue weighted by Crippen LogP contribution is -2.48. The third kappa shape index (κ3) is 5.96. The second kappa shape index (κ2) is 11.6. The molecular weight excluding hydrogens is 462 g/mol. The number of hydrogen-bond acceptors (Lipinski definition) is 6. The zero-order valence-corrected chi connectivity index (χ0v) is 21.4. The van der Waals surface area contributed by atoms with E-state index in [2.05, 4.69) is 33.0 Å². The van der Waals surface area contributed by atoms with E-state index in [0.29, 0.717) is 34.1 Å². The number of hydrogen-bond donors (Lipinski definition) is 3. The number of nitrogens with zero attached hydrogens (tertiary/aromatic N) is 2. The average Bonchev–Trinajstić information content (AvgIpc) is 3.24. The molecule has 2 aromatic rings. The molecule has 2 fully saturated rings. The van der Waals surface area contributed by atoms with Crippen LogP contribution < -0.4 is 20.9 Å². The number of nitrogens with one attached hydrogen (secondary N) is 3. The van der Waals surface area contributed by atoms with Crippen LogP contribution in [0.3, 0.4) is 0 Å². The summed E-state index contributed by atoms with van der Waals surface area (Å²) in [4.78, 5) is 43.4. The lowest BCUT2D eigenvalue weighted by atomic mass is 9.95. The number of rotatable bonds is 7. The first-order chi connectivity index (χ1) is 17.0. The van der Waals surface area contributed by atoms with Gasteiger partial charge < -0.3 is 25.8 Å². The van der Waals surface area contributed by atoms with Crippen LogP contribution in [0, 0.1) is 6.92 Å². The molecule has 0 unspecified atom stereocenters. The third-order valence-electron chi connectivity index (χ3n) is 6.86. The Kier molecular flexibility index (Phi) is 8.28. The molecule has 4 rings (SSSR count). The van der Waals surface area contributed by atoms with Crippen LogP contribution in [0.15, 0.2) is 30.3 Å². The molecule has 3 amide bonds. The van der Waals surface area contributed by atoms with Gasteiger partial charge in [-0.3, -0.25) is 14.4 Å². The summed E-state index contributed by atoms with van der Waals surface area (Å²) in [6.45, 7) is 4.52. The second-order valence-corrected chi connectivity index (χ2v) is 10.2. The van der Waals surface area contributed by atoms with E-state index in [-0.39, 0.29) is 30.3 Å². The number of thiophene rings is 1. The summed E-state index contributed by atoms with van der Waals surface area (Å²) in [6, 6.07) is 10.4. The van der Waals surface area contributed by atoms with Crippen molar-refractivity contribution < 1.29 is 14.4 Å². The van der Waals surface area contributed by atoms with Crippen molar-refractivity contribution in [2.45, 2.75) is 45.1 Å². The number of piperazine rings is 1. The molecule has 35 heavy (non-hydrogen) atoms. The van der Waals surface area contributed by atoms with Crippen molar-refractivity contribution >= 4 is 39.7 Å². The maximum atomic E-state index is 13.3. The first kappa shape index (κ1) is 25.0. The summed E-state index contributed by atoms with van der Waals surface area (Å²) in [5.41, 5.74) is 2.25. The minimum Gasteiger partial charge on any atom is -0.379 e. The smallest absolute Gasteiger partial charge is 0.264 e. The molecule has 0 spiro atoms. The molecule has 1 saturated heterocycles. The van der Waals surface area contributed by atoms with Gasteiger partial charge in [-0.1, -0.05) is 37.5 Å². The van der Waals surface area contributed by atoms with Crippen LogP contribution in [0.2, 0.25) is 0 Å². The van der Waals surface area contributed by atoms with E-state index < -0.39 is 0 Å². The van der Waals surface area contributed by atoms with Crippen LogP contribution in [0.5, 0.6) is 0 Å². The average molecular weight is 498 g/mol. The summed E-state index contributed by atoms with van der Waals surface area (Å²) in [6.07, 6.45) is 5.48. The van der Waals surface area contributed by atoms with Crippen molar-refractivity contribution in [1.82, 2.24) is 15.5 Å². The van der Waals surface area contributed by atoms with Crippen LogP contribution in [-0.4, -0.2) is 68.4 Å². The van der Waals surface area contributed by atoms with Crippen molar-refractivity contribution in [2.75, 3.05) is 50.0 Å². The molecule has 1 aromatic heterocycles. The molecule has 188 valence electrons. The van der Waals surface area contributed by atoms with E-state index in [9.17, 15) is 14.4 Å².